The van der Waals surface area contributed by atoms with Gasteiger partial charge < -0.3 is 16.0 Å². The maximum atomic E-state index is 8.97. The SMILES string of the molecule is N#Cc1nc2c(c(NC3CCCC3)n1)NCCN2. The van der Waals surface area contributed by atoms with Gasteiger partial charge >= 0.3 is 0 Å². The molecule has 6 heteroatoms. The molecule has 2 aliphatic rings. The third-order valence-corrected chi connectivity index (χ3v) is 3.42. The Morgan fingerprint density at radius 3 is 2.72 bits per heavy atom. The van der Waals surface area contributed by atoms with Crippen LogP contribution in [-0.4, -0.2) is 29.1 Å². The van der Waals surface area contributed by atoms with Crippen LogP contribution >= 0.6 is 0 Å². The predicted molar refractivity (Wildman–Crippen MR) is 69.6 cm³/mol. The lowest BCUT2D eigenvalue weighted by molar-refractivity contribution is 0.749. The second-order valence-corrected chi connectivity index (χ2v) is 4.71. The molecule has 1 aromatic rings. The first-order valence-electron chi connectivity index (χ1n) is 6.43. The standard InChI is InChI=1S/C12H16N6/c13-7-9-17-11-10(14-5-6-15-11)12(18-9)16-8-3-1-2-4-8/h8,14H,1-6H2,(H2,15,16,17,18). The first-order chi connectivity index (χ1) is 8.86. The minimum atomic E-state index is 0.213. The molecule has 0 saturated heterocycles. The quantitative estimate of drug-likeness (QED) is 0.731. The summed E-state index contributed by atoms with van der Waals surface area (Å²) in [6, 6.07) is 2.48. The zero-order valence-electron chi connectivity index (χ0n) is 10.2. The summed E-state index contributed by atoms with van der Waals surface area (Å²) in [6.45, 7) is 1.67. The molecule has 3 N–H and O–H groups in total. The van der Waals surface area contributed by atoms with Gasteiger partial charge in [-0.05, 0) is 12.8 Å². The highest BCUT2D eigenvalue weighted by Crippen LogP contribution is 2.31. The number of nitrogens with one attached hydrogen (secondary N) is 3. The van der Waals surface area contributed by atoms with Gasteiger partial charge in [-0.2, -0.15) is 15.2 Å². The van der Waals surface area contributed by atoms with Crippen LogP contribution in [0.2, 0.25) is 0 Å². The molecule has 2 heterocycles. The molecule has 1 aliphatic heterocycles. The van der Waals surface area contributed by atoms with Crippen LogP contribution in [-0.2, 0) is 0 Å². The Morgan fingerprint density at radius 2 is 1.94 bits per heavy atom. The number of nitrogens with zero attached hydrogens (tertiary/aromatic N) is 3. The van der Waals surface area contributed by atoms with Gasteiger partial charge in [-0.25, -0.2) is 0 Å². The van der Waals surface area contributed by atoms with Gasteiger partial charge in [0, 0.05) is 19.1 Å². The summed E-state index contributed by atoms with van der Waals surface area (Å²) in [7, 11) is 0. The van der Waals surface area contributed by atoms with E-state index < -0.39 is 0 Å². The highest BCUT2D eigenvalue weighted by atomic mass is 15.2. The number of hydrogen-bond acceptors (Lipinski definition) is 6. The normalized spacial score (nSPS) is 18.4. The van der Waals surface area contributed by atoms with E-state index in [2.05, 4.69) is 25.9 Å². The third kappa shape index (κ3) is 2.04. The number of aromatic nitrogens is 2. The zero-order chi connectivity index (χ0) is 12.4. The third-order valence-electron chi connectivity index (χ3n) is 3.42. The maximum absolute atomic E-state index is 8.97. The Labute approximate surface area is 106 Å². The molecule has 0 spiro atoms. The van der Waals surface area contributed by atoms with Crippen LogP contribution in [0.5, 0.6) is 0 Å². The maximum Gasteiger partial charge on any atom is 0.236 e. The Bertz CT molecular complexity index is 486. The van der Waals surface area contributed by atoms with Crippen molar-refractivity contribution in [1.29, 1.82) is 5.26 Å². The van der Waals surface area contributed by atoms with E-state index in [0.29, 0.717) is 6.04 Å². The van der Waals surface area contributed by atoms with Crippen molar-refractivity contribution in [3.05, 3.63) is 5.82 Å². The van der Waals surface area contributed by atoms with E-state index in [-0.39, 0.29) is 5.82 Å². The smallest absolute Gasteiger partial charge is 0.236 e. The second kappa shape index (κ2) is 4.69. The number of anilines is 3. The highest BCUT2D eigenvalue weighted by molar-refractivity contribution is 5.79. The molecule has 0 radical (unpaired) electrons. The molecule has 1 aromatic heterocycles. The Morgan fingerprint density at radius 1 is 1.17 bits per heavy atom. The molecular weight excluding hydrogens is 228 g/mol. The average Bonchev–Trinajstić information content (AvgIpc) is 2.91. The van der Waals surface area contributed by atoms with Crippen molar-refractivity contribution >= 4 is 17.3 Å². The van der Waals surface area contributed by atoms with Gasteiger partial charge in [-0.15, -0.1) is 0 Å². The molecule has 0 atom stereocenters. The summed E-state index contributed by atoms with van der Waals surface area (Å²) >= 11 is 0. The zero-order valence-corrected chi connectivity index (χ0v) is 10.2. The molecule has 3 rings (SSSR count). The molecule has 6 nitrogen and oxygen atoms in total. The van der Waals surface area contributed by atoms with Crippen molar-refractivity contribution in [3.8, 4) is 6.07 Å². The minimum absolute atomic E-state index is 0.213. The van der Waals surface area contributed by atoms with Crippen LogP contribution in [0.15, 0.2) is 0 Å². The van der Waals surface area contributed by atoms with E-state index in [9.17, 15) is 0 Å². The largest absolute Gasteiger partial charge is 0.377 e. The Balaban J connectivity index is 1.93. The van der Waals surface area contributed by atoms with Crippen LogP contribution in [0.1, 0.15) is 31.5 Å². The van der Waals surface area contributed by atoms with Crippen molar-refractivity contribution in [2.24, 2.45) is 0 Å². The summed E-state index contributed by atoms with van der Waals surface area (Å²) in [5.41, 5.74) is 0.896. The van der Waals surface area contributed by atoms with Crippen molar-refractivity contribution in [2.45, 2.75) is 31.7 Å². The summed E-state index contributed by atoms with van der Waals surface area (Å²) in [4.78, 5) is 8.46. The van der Waals surface area contributed by atoms with E-state index in [0.717, 1.165) is 30.4 Å². The topological polar surface area (TPSA) is 85.7 Å². The first-order valence-corrected chi connectivity index (χ1v) is 6.43. The van der Waals surface area contributed by atoms with Gasteiger partial charge in [0.1, 0.15) is 11.8 Å². The van der Waals surface area contributed by atoms with Gasteiger partial charge in [0.25, 0.3) is 0 Å². The molecular formula is C12H16N6. The molecule has 94 valence electrons. The molecule has 18 heavy (non-hydrogen) atoms. The Hall–Kier alpha value is -2.03. The second-order valence-electron chi connectivity index (χ2n) is 4.71. The number of nitriles is 1. The van der Waals surface area contributed by atoms with Crippen LogP contribution in [0.4, 0.5) is 17.3 Å². The van der Waals surface area contributed by atoms with E-state index in [1.165, 1.54) is 25.7 Å². The fourth-order valence-electron chi connectivity index (χ4n) is 2.54. The number of hydrogen-bond donors (Lipinski definition) is 3. The van der Waals surface area contributed by atoms with E-state index in [1.807, 2.05) is 6.07 Å². The van der Waals surface area contributed by atoms with Gasteiger partial charge in [0.15, 0.2) is 11.6 Å². The first kappa shape index (κ1) is 11.1. The van der Waals surface area contributed by atoms with E-state index in [1.54, 1.807) is 0 Å². The van der Waals surface area contributed by atoms with Crippen molar-refractivity contribution < 1.29 is 0 Å². The fourth-order valence-corrected chi connectivity index (χ4v) is 2.54. The summed E-state index contributed by atoms with van der Waals surface area (Å²) in [6.07, 6.45) is 4.88. The monoisotopic (exact) mass is 244 g/mol. The molecule has 1 fully saturated rings. The van der Waals surface area contributed by atoms with Crippen LogP contribution in [0, 0.1) is 11.3 Å². The molecule has 1 saturated carbocycles. The fraction of sp³-hybridized carbons (Fsp3) is 0.583. The lowest BCUT2D eigenvalue weighted by Gasteiger charge is -2.23. The van der Waals surface area contributed by atoms with Crippen molar-refractivity contribution in [1.82, 2.24) is 9.97 Å². The van der Waals surface area contributed by atoms with Gasteiger partial charge in [-0.1, -0.05) is 12.8 Å². The predicted octanol–water partition coefficient (Wildman–Crippen LogP) is 1.54. The Kier molecular flexibility index (Phi) is 2.89. The summed E-state index contributed by atoms with van der Waals surface area (Å²) < 4.78 is 0. The van der Waals surface area contributed by atoms with Crippen molar-refractivity contribution in [2.75, 3.05) is 29.0 Å². The lowest BCUT2D eigenvalue weighted by atomic mass is 10.2. The van der Waals surface area contributed by atoms with Gasteiger partial charge in [0.05, 0.1) is 0 Å². The van der Waals surface area contributed by atoms with Crippen LogP contribution < -0.4 is 16.0 Å². The minimum Gasteiger partial charge on any atom is -0.377 e. The summed E-state index contributed by atoms with van der Waals surface area (Å²) in [5.74, 6) is 1.70. The van der Waals surface area contributed by atoms with E-state index >= 15 is 0 Å². The van der Waals surface area contributed by atoms with E-state index in [4.69, 9.17) is 5.26 Å². The van der Waals surface area contributed by atoms with Gasteiger partial charge in [0.2, 0.25) is 5.82 Å². The number of rotatable bonds is 2. The molecule has 0 amide bonds. The summed E-state index contributed by atoms with van der Waals surface area (Å²) in [5, 5.41) is 18.9. The van der Waals surface area contributed by atoms with Crippen molar-refractivity contribution in [3.63, 3.8) is 0 Å². The molecule has 1 aliphatic carbocycles. The van der Waals surface area contributed by atoms with Crippen LogP contribution in [0.25, 0.3) is 0 Å². The number of fused-ring (bicyclic) bond motifs is 1. The average molecular weight is 244 g/mol. The molecule has 0 aromatic carbocycles. The highest BCUT2D eigenvalue weighted by Gasteiger charge is 2.21. The lowest BCUT2D eigenvalue weighted by Crippen LogP contribution is -2.25. The molecule has 0 unspecified atom stereocenters. The van der Waals surface area contributed by atoms with Crippen LogP contribution in [0.3, 0.4) is 0 Å². The van der Waals surface area contributed by atoms with Gasteiger partial charge in [-0.3, -0.25) is 0 Å². The molecule has 0 bridgehead atoms.